The molecule has 0 saturated carbocycles. The Kier molecular flexibility index (Phi) is 5.70. The van der Waals surface area contributed by atoms with Gasteiger partial charge in [0.15, 0.2) is 0 Å². The number of hydrogen-bond donors (Lipinski definition) is 3. The van der Waals surface area contributed by atoms with E-state index in [1.54, 1.807) is 24.3 Å². The zero-order chi connectivity index (χ0) is 25.6. The van der Waals surface area contributed by atoms with Crippen molar-refractivity contribution in [2.24, 2.45) is 10.9 Å². The van der Waals surface area contributed by atoms with Crippen molar-refractivity contribution in [3.63, 3.8) is 0 Å². The minimum Gasteiger partial charge on any atom is -0.384 e. The fourth-order valence-corrected chi connectivity index (χ4v) is 5.19. The van der Waals surface area contributed by atoms with Crippen LogP contribution in [0.15, 0.2) is 77.7 Å². The predicted octanol–water partition coefficient (Wildman–Crippen LogP) is 3.49. The van der Waals surface area contributed by atoms with Gasteiger partial charge in [-0.15, -0.1) is 0 Å². The van der Waals surface area contributed by atoms with Crippen molar-refractivity contribution in [2.75, 3.05) is 0 Å². The molecule has 10 heteroatoms. The van der Waals surface area contributed by atoms with Crippen LogP contribution in [0.25, 0.3) is 27.8 Å². The molecule has 0 saturated heterocycles. The van der Waals surface area contributed by atoms with Crippen molar-refractivity contribution in [3.8, 4) is 16.8 Å². The molecule has 0 amide bonds. The van der Waals surface area contributed by atoms with E-state index >= 15 is 0 Å². The van der Waals surface area contributed by atoms with Crippen LogP contribution in [-0.2, 0) is 16.6 Å². The summed E-state index contributed by atoms with van der Waals surface area (Å²) in [5.74, 6) is 0.809. The van der Waals surface area contributed by atoms with Gasteiger partial charge in [0.2, 0.25) is 10.0 Å². The van der Waals surface area contributed by atoms with Gasteiger partial charge in [-0.05, 0) is 55.8 Å². The van der Waals surface area contributed by atoms with E-state index < -0.39 is 10.0 Å². The zero-order valence-corrected chi connectivity index (χ0v) is 20.6. The van der Waals surface area contributed by atoms with Crippen LogP contribution in [0.5, 0.6) is 0 Å². The Morgan fingerprint density at radius 1 is 1.00 bits per heavy atom. The van der Waals surface area contributed by atoms with E-state index in [4.69, 9.17) is 21.3 Å². The highest BCUT2D eigenvalue weighted by molar-refractivity contribution is 7.89. The van der Waals surface area contributed by atoms with Crippen LogP contribution in [0.1, 0.15) is 22.8 Å². The number of nitrogens with zero attached hydrogens (tertiary/aromatic N) is 4. The number of amidine groups is 1. The summed E-state index contributed by atoms with van der Waals surface area (Å²) in [6.07, 6.45) is 0. The number of rotatable bonds is 6. The van der Waals surface area contributed by atoms with Crippen LogP contribution in [0, 0.1) is 19.3 Å². The van der Waals surface area contributed by atoms with E-state index in [0.717, 1.165) is 39.5 Å². The normalized spacial score (nSPS) is 11.8. The zero-order valence-electron chi connectivity index (χ0n) is 19.8. The van der Waals surface area contributed by atoms with Crippen LogP contribution < -0.4 is 10.9 Å². The molecule has 3 aromatic carbocycles. The summed E-state index contributed by atoms with van der Waals surface area (Å²) >= 11 is 0. The molecule has 0 aliphatic carbocycles. The minimum absolute atomic E-state index is 0.00135. The number of sulfonamides is 1. The van der Waals surface area contributed by atoms with Crippen molar-refractivity contribution in [1.29, 1.82) is 5.41 Å². The molecule has 36 heavy (non-hydrogen) atoms. The monoisotopic (exact) mass is 499 g/mol. The van der Waals surface area contributed by atoms with Gasteiger partial charge in [-0.3, -0.25) is 5.41 Å². The first kappa shape index (κ1) is 23.5. The van der Waals surface area contributed by atoms with E-state index in [1.165, 1.54) is 6.07 Å². The number of hydrogen-bond acceptors (Lipinski definition) is 5. The molecule has 5 N–H and O–H groups in total. The Bertz CT molecular complexity index is 1750. The van der Waals surface area contributed by atoms with Gasteiger partial charge in [0.25, 0.3) is 0 Å². The maximum absolute atomic E-state index is 12.1. The molecule has 0 bridgehead atoms. The van der Waals surface area contributed by atoms with Crippen LogP contribution >= 0.6 is 0 Å². The topological polar surface area (TPSA) is 146 Å². The number of nitrogens with one attached hydrogen (secondary N) is 1. The van der Waals surface area contributed by atoms with E-state index in [-0.39, 0.29) is 10.7 Å². The summed E-state index contributed by atoms with van der Waals surface area (Å²) in [5.41, 5.74) is 11.8. The van der Waals surface area contributed by atoms with E-state index in [9.17, 15) is 8.42 Å². The third-order valence-electron chi connectivity index (χ3n) is 6.07. The molecular weight excluding hydrogens is 474 g/mol. The number of imidazole rings is 1. The molecule has 0 unspecified atom stereocenters. The van der Waals surface area contributed by atoms with Crippen molar-refractivity contribution >= 4 is 26.9 Å². The second-order valence-corrected chi connectivity index (χ2v) is 10.2. The van der Waals surface area contributed by atoms with Crippen molar-refractivity contribution in [1.82, 2.24) is 19.3 Å². The molecular formula is C26H25N7O2S. The standard InChI is InChI=1S/C26H25N7O2S/c1-16-12-21(33(31-16)20-7-5-6-19(13-20)26(27)28)15-32-17(2)30-23-14-18(10-11-24(23)32)22-8-3-4-9-25(22)36(29,34)35/h3-14H,15H2,1-2H3,(H3,27,28)(H2,29,34,35). The van der Waals surface area contributed by atoms with Crippen LogP contribution in [0.4, 0.5) is 0 Å². The second kappa shape index (κ2) is 8.74. The number of primary sulfonamides is 1. The molecule has 0 atom stereocenters. The van der Waals surface area contributed by atoms with Crippen molar-refractivity contribution in [3.05, 3.63) is 95.6 Å². The molecule has 5 aromatic rings. The van der Waals surface area contributed by atoms with E-state index in [0.29, 0.717) is 17.7 Å². The average molecular weight is 500 g/mol. The lowest BCUT2D eigenvalue weighted by Crippen LogP contribution is -2.13. The first-order valence-electron chi connectivity index (χ1n) is 11.2. The van der Waals surface area contributed by atoms with Crippen molar-refractivity contribution in [2.45, 2.75) is 25.3 Å². The first-order chi connectivity index (χ1) is 17.1. The van der Waals surface area contributed by atoms with Gasteiger partial charge in [0.05, 0.1) is 39.5 Å². The lowest BCUT2D eigenvalue weighted by molar-refractivity contribution is 0.598. The smallest absolute Gasteiger partial charge is 0.238 e. The highest BCUT2D eigenvalue weighted by Gasteiger charge is 2.17. The fraction of sp³-hybridized carbons (Fsp3) is 0.115. The quantitative estimate of drug-likeness (QED) is 0.242. The van der Waals surface area contributed by atoms with Gasteiger partial charge in [0, 0.05) is 11.1 Å². The number of aromatic nitrogens is 4. The Hall–Kier alpha value is -4.28. The Balaban J connectivity index is 1.57. The molecule has 9 nitrogen and oxygen atoms in total. The van der Waals surface area contributed by atoms with Gasteiger partial charge in [-0.2, -0.15) is 5.10 Å². The van der Waals surface area contributed by atoms with Crippen LogP contribution in [0.2, 0.25) is 0 Å². The third kappa shape index (κ3) is 4.28. The summed E-state index contributed by atoms with van der Waals surface area (Å²) in [5, 5.41) is 17.9. The molecule has 2 aromatic heterocycles. The maximum atomic E-state index is 12.1. The van der Waals surface area contributed by atoms with Crippen molar-refractivity contribution < 1.29 is 8.42 Å². The molecule has 5 rings (SSSR count). The SMILES string of the molecule is Cc1cc(Cn2c(C)nc3cc(-c4ccccc4S(N)(=O)=O)ccc32)n(-c2cccc(C(=N)N)c2)n1. The van der Waals surface area contributed by atoms with Gasteiger partial charge in [0.1, 0.15) is 11.7 Å². The van der Waals surface area contributed by atoms with Gasteiger partial charge < -0.3 is 10.3 Å². The summed E-state index contributed by atoms with van der Waals surface area (Å²) in [6, 6.07) is 21.8. The minimum atomic E-state index is -3.87. The number of benzene rings is 3. The fourth-order valence-electron chi connectivity index (χ4n) is 4.43. The van der Waals surface area contributed by atoms with Crippen LogP contribution in [0.3, 0.4) is 0 Å². The molecule has 2 heterocycles. The van der Waals surface area contributed by atoms with Gasteiger partial charge >= 0.3 is 0 Å². The predicted molar refractivity (Wildman–Crippen MR) is 140 cm³/mol. The Labute approximate surface area is 208 Å². The number of nitrogens with two attached hydrogens (primary N) is 2. The summed E-state index contributed by atoms with van der Waals surface area (Å²) < 4.78 is 28.1. The Morgan fingerprint density at radius 3 is 2.53 bits per heavy atom. The summed E-state index contributed by atoms with van der Waals surface area (Å²) in [6.45, 7) is 4.38. The lowest BCUT2D eigenvalue weighted by atomic mass is 10.1. The largest absolute Gasteiger partial charge is 0.384 e. The highest BCUT2D eigenvalue weighted by atomic mass is 32.2. The lowest BCUT2D eigenvalue weighted by Gasteiger charge is -2.12. The number of nitrogen functional groups attached to an aromatic ring is 1. The van der Waals surface area contributed by atoms with E-state index in [1.807, 2.05) is 61.0 Å². The third-order valence-corrected chi connectivity index (χ3v) is 7.04. The molecule has 0 radical (unpaired) electrons. The average Bonchev–Trinajstić information content (AvgIpc) is 3.37. The van der Waals surface area contributed by atoms with Gasteiger partial charge in [-0.1, -0.05) is 36.4 Å². The maximum Gasteiger partial charge on any atom is 0.238 e. The van der Waals surface area contributed by atoms with E-state index in [2.05, 4.69) is 9.67 Å². The highest BCUT2D eigenvalue weighted by Crippen LogP contribution is 2.30. The molecule has 0 fully saturated rings. The van der Waals surface area contributed by atoms with Crippen LogP contribution in [-0.4, -0.2) is 33.6 Å². The summed E-state index contributed by atoms with van der Waals surface area (Å²) in [7, 11) is -3.87. The molecule has 0 aliphatic heterocycles. The first-order valence-corrected chi connectivity index (χ1v) is 12.8. The number of fused-ring (bicyclic) bond motifs is 1. The molecule has 182 valence electrons. The Morgan fingerprint density at radius 2 is 1.78 bits per heavy atom. The number of aryl methyl sites for hydroxylation is 2. The van der Waals surface area contributed by atoms with Gasteiger partial charge in [-0.25, -0.2) is 23.2 Å². The molecule has 0 aliphatic rings. The second-order valence-electron chi connectivity index (χ2n) is 8.64. The summed E-state index contributed by atoms with van der Waals surface area (Å²) in [4.78, 5) is 4.82. The molecule has 0 spiro atoms.